The Labute approximate surface area is 84.7 Å². The Balaban J connectivity index is 2.73. The second-order valence-electron chi connectivity index (χ2n) is 3.69. The fourth-order valence-electron chi connectivity index (χ4n) is 1.82. The fraction of sp³-hybridized carbons (Fsp3) is 0.231. The summed E-state index contributed by atoms with van der Waals surface area (Å²) in [6, 6.07) is 8.78. The van der Waals surface area contributed by atoms with Crippen molar-refractivity contribution in [1.82, 2.24) is 4.57 Å². The van der Waals surface area contributed by atoms with E-state index < -0.39 is 0 Å². The molecule has 1 aromatic heterocycles. The molecule has 0 fully saturated rings. The van der Waals surface area contributed by atoms with Gasteiger partial charge in [0, 0.05) is 23.6 Å². The molecule has 0 spiro atoms. The molecule has 0 saturated carbocycles. The van der Waals surface area contributed by atoms with Crippen molar-refractivity contribution < 1.29 is 0 Å². The molecule has 2 aromatic rings. The number of hydrogen-bond acceptors (Lipinski definition) is 0. The molecular formula is C13H15N. The first-order valence-corrected chi connectivity index (χ1v) is 4.91. The third-order valence-corrected chi connectivity index (χ3v) is 2.57. The Hall–Kier alpha value is -1.50. The van der Waals surface area contributed by atoms with Crippen LogP contribution in [0.1, 0.15) is 18.2 Å². The molecule has 1 nitrogen and oxygen atoms in total. The first kappa shape index (κ1) is 9.07. The van der Waals surface area contributed by atoms with Gasteiger partial charge in [-0.15, -0.1) is 0 Å². The lowest BCUT2D eigenvalue weighted by Crippen LogP contribution is -1.89. The normalized spacial score (nSPS) is 11.6. The average Bonchev–Trinajstić information content (AvgIpc) is 2.44. The molecule has 1 aromatic carbocycles. The highest BCUT2D eigenvalue weighted by molar-refractivity contribution is 5.84. The molecule has 2 rings (SSSR count). The summed E-state index contributed by atoms with van der Waals surface area (Å²) >= 11 is 0. The molecule has 0 aliphatic rings. The van der Waals surface area contributed by atoms with E-state index >= 15 is 0 Å². The Morgan fingerprint density at radius 1 is 1.21 bits per heavy atom. The van der Waals surface area contributed by atoms with Crippen LogP contribution in [0.4, 0.5) is 0 Å². The van der Waals surface area contributed by atoms with Gasteiger partial charge >= 0.3 is 0 Å². The maximum atomic E-state index is 2.22. The highest BCUT2D eigenvalue weighted by Gasteiger charge is 2.02. The summed E-state index contributed by atoms with van der Waals surface area (Å²) in [7, 11) is 2.10. The summed E-state index contributed by atoms with van der Waals surface area (Å²) in [5.41, 5.74) is 3.87. The van der Waals surface area contributed by atoms with Gasteiger partial charge in [-0.1, -0.05) is 17.7 Å². The van der Waals surface area contributed by atoms with Gasteiger partial charge in [-0.25, -0.2) is 0 Å². The number of benzene rings is 1. The Kier molecular flexibility index (Phi) is 2.16. The number of nitrogens with zero attached hydrogens (tertiary/aromatic N) is 1. The molecule has 0 bridgehead atoms. The average molecular weight is 185 g/mol. The van der Waals surface area contributed by atoms with Crippen LogP contribution in [0.5, 0.6) is 0 Å². The number of aryl methyl sites for hydroxylation is 2. The van der Waals surface area contributed by atoms with Gasteiger partial charge in [0.2, 0.25) is 0 Å². The summed E-state index contributed by atoms with van der Waals surface area (Å²) in [6.45, 7) is 4.17. The molecule has 0 radical (unpaired) electrons. The minimum atomic E-state index is 1.26. The van der Waals surface area contributed by atoms with Crippen molar-refractivity contribution in [3.05, 3.63) is 41.6 Å². The minimum Gasteiger partial charge on any atom is -0.344 e. The molecule has 0 aliphatic heterocycles. The van der Waals surface area contributed by atoms with Crippen molar-refractivity contribution in [3.63, 3.8) is 0 Å². The second-order valence-corrected chi connectivity index (χ2v) is 3.69. The van der Waals surface area contributed by atoms with E-state index in [4.69, 9.17) is 0 Å². The summed E-state index contributed by atoms with van der Waals surface area (Å²) in [4.78, 5) is 0. The van der Waals surface area contributed by atoms with E-state index in [-0.39, 0.29) is 0 Å². The second kappa shape index (κ2) is 3.33. The van der Waals surface area contributed by atoms with Crippen LogP contribution in [-0.2, 0) is 7.05 Å². The van der Waals surface area contributed by atoms with Crippen LogP contribution in [0.3, 0.4) is 0 Å². The predicted octanol–water partition coefficient (Wildman–Crippen LogP) is 3.52. The molecule has 0 aliphatic carbocycles. The third-order valence-electron chi connectivity index (χ3n) is 2.57. The van der Waals surface area contributed by atoms with Gasteiger partial charge in [0.15, 0.2) is 0 Å². The minimum absolute atomic E-state index is 1.26. The highest BCUT2D eigenvalue weighted by Crippen LogP contribution is 2.20. The fourth-order valence-corrected chi connectivity index (χ4v) is 1.82. The van der Waals surface area contributed by atoms with Crippen LogP contribution in [0.15, 0.2) is 30.3 Å². The number of hydrogen-bond donors (Lipinski definition) is 0. The maximum absolute atomic E-state index is 2.22. The van der Waals surface area contributed by atoms with Crippen molar-refractivity contribution in [2.75, 3.05) is 0 Å². The standard InChI is InChI=1S/C13H15N/c1-4-5-12-9-11-8-10(2)6-7-13(11)14(12)3/h4-9H,1-3H3/b5-4-. The van der Waals surface area contributed by atoms with E-state index in [2.05, 4.69) is 55.0 Å². The highest BCUT2D eigenvalue weighted by atomic mass is 14.9. The van der Waals surface area contributed by atoms with Crippen LogP contribution >= 0.6 is 0 Å². The van der Waals surface area contributed by atoms with E-state index in [1.165, 1.54) is 22.2 Å². The molecule has 1 heterocycles. The van der Waals surface area contributed by atoms with Gasteiger partial charge in [-0.05, 0) is 38.1 Å². The van der Waals surface area contributed by atoms with Gasteiger partial charge < -0.3 is 4.57 Å². The quantitative estimate of drug-likeness (QED) is 0.640. The number of rotatable bonds is 1. The molecule has 72 valence electrons. The zero-order chi connectivity index (χ0) is 10.1. The first-order chi connectivity index (χ1) is 6.72. The molecule has 0 N–H and O–H groups in total. The molecule has 14 heavy (non-hydrogen) atoms. The van der Waals surface area contributed by atoms with Crippen LogP contribution in [0.2, 0.25) is 0 Å². The van der Waals surface area contributed by atoms with E-state index in [0.29, 0.717) is 0 Å². The van der Waals surface area contributed by atoms with E-state index in [0.717, 1.165) is 0 Å². The maximum Gasteiger partial charge on any atom is 0.0482 e. The lowest BCUT2D eigenvalue weighted by molar-refractivity contribution is 0.954. The summed E-state index contributed by atoms with van der Waals surface area (Å²) in [5.74, 6) is 0. The first-order valence-electron chi connectivity index (χ1n) is 4.91. The van der Waals surface area contributed by atoms with Crippen LogP contribution in [-0.4, -0.2) is 4.57 Å². The van der Waals surface area contributed by atoms with Crippen LogP contribution < -0.4 is 0 Å². The molecule has 0 atom stereocenters. The van der Waals surface area contributed by atoms with Crippen molar-refractivity contribution >= 4 is 17.0 Å². The third kappa shape index (κ3) is 1.35. The molecule has 1 heteroatoms. The Morgan fingerprint density at radius 2 is 2.00 bits per heavy atom. The predicted molar refractivity (Wildman–Crippen MR) is 62.4 cm³/mol. The van der Waals surface area contributed by atoms with Crippen LogP contribution in [0.25, 0.3) is 17.0 Å². The van der Waals surface area contributed by atoms with E-state index in [1.807, 2.05) is 6.92 Å². The topological polar surface area (TPSA) is 4.93 Å². The van der Waals surface area contributed by atoms with Crippen molar-refractivity contribution in [3.8, 4) is 0 Å². The molecular weight excluding hydrogens is 170 g/mol. The molecule has 0 amide bonds. The zero-order valence-electron chi connectivity index (χ0n) is 8.91. The van der Waals surface area contributed by atoms with Gasteiger partial charge in [-0.2, -0.15) is 0 Å². The summed E-state index contributed by atoms with van der Waals surface area (Å²) in [5, 5.41) is 1.32. The number of aromatic nitrogens is 1. The smallest absolute Gasteiger partial charge is 0.0482 e. The lowest BCUT2D eigenvalue weighted by Gasteiger charge is -1.99. The largest absolute Gasteiger partial charge is 0.344 e. The van der Waals surface area contributed by atoms with Crippen molar-refractivity contribution in [1.29, 1.82) is 0 Å². The zero-order valence-corrected chi connectivity index (χ0v) is 8.91. The Morgan fingerprint density at radius 3 is 2.71 bits per heavy atom. The van der Waals surface area contributed by atoms with E-state index in [9.17, 15) is 0 Å². The van der Waals surface area contributed by atoms with E-state index in [1.54, 1.807) is 0 Å². The summed E-state index contributed by atoms with van der Waals surface area (Å²) in [6.07, 6.45) is 4.20. The van der Waals surface area contributed by atoms with Crippen molar-refractivity contribution in [2.24, 2.45) is 7.05 Å². The van der Waals surface area contributed by atoms with Gasteiger partial charge in [0.05, 0.1) is 0 Å². The number of allylic oxidation sites excluding steroid dienone is 1. The van der Waals surface area contributed by atoms with Gasteiger partial charge in [0.1, 0.15) is 0 Å². The van der Waals surface area contributed by atoms with Gasteiger partial charge in [0.25, 0.3) is 0 Å². The molecule has 0 saturated heterocycles. The van der Waals surface area contributed by atoms with Crippen LogP contribution in [0, 0.1) is 6.92 Å². The summed E-state index contributed by atoms with van der Waals surface area (Å²) < 4.78 is 2.22. The lowest BCUT2D eigenvalue weighted by atomic mass is 10.2. The Bertz CT molecular complexity index is 489. The SMILES string of the molecule is C/C=C\c1cc2cc(C)ccc2n1C. The van der Waals surface area contributed by atoms with Crippen molar-refractivity contribution in [2.45, 2.75) is 13.8 Å². The van der Waals surface area contributed by atoms with Gasteiger partial charge in [-0.3, -0.25) is 0 Å². The monoisotopic (exact) mass is 185 g/mol. The number of fused-ring (bicyclic) bond motifs is 1. The molecule has 0 unspecified atom stereocenters.